The number of rotatable bonds is 20. The zero-order valence-electron chi connectivity index (χ0n) is 36.4. The molecule has 6 rings (SSSR count). The van der Waals surface area contributed by atoms with Gasteiger partial charge < -0.3 is 52.1 Å². The second kappa shape index (κ2) is 24.9. The molecule has 66 heavy (non-hydrogen) atoms. The molecule has 2 saturated heterocycles. The van der Waals surface area contributed by atoms with Crippen LogP contribution in [0.2, 0.25) is 0 Å². The Morgan fingerprint density at radius 2 is 0.864 bits per heavy atom. The summed E-state index contributed by atoms with van der Waals surface area (Å²) in [5.41, 5.74) is 3.56. The van der Waals surface area contributed by atoms with E-state index in [1.807, 2.05) is 121 Å². The third-order valence-corrected chi connectivity index (χ3v) is 10.8. The molecular formula is C48H52Cl3NO14. The van der Waals surface area contributed by atoms with Crippen molar-refractivity contribution in [3.8, 4) is 0 Å². The molecule has 354 valence electrons. The molecule has 0 aromatic heterocycles. The fourth-order valence-corrected chi connectivity index (χ4v) is 7.47. The predicted octanol–water partition coefficient (Wildman–Crippen LogP) is 7.58. The number of alkyl halides is 3. The topological polar surface area (TPSA) is 177 Å². The van der Waals surface area contributed by atoms with Gasteiger partial charge in [0.2, 0.25) is 18.3 Å². The quantitative estimate of drug-likeness (QED) is 0.0301. The number of hydrogen-bond donors (Lipinski definition) is 1. The van der Waals surface area contributed by atoms with Crippen molar-refractivity contribution in [1.82, 2.24) is 0 Å². The standard InChI is InChI=1S/C48H52Cl3NO14/c1-30(53)61-40-38(65-46(66-47(52)48(49,50)51)44(63-32(3)55)42(40)62-31(2)54)29-60-45-43(59-27-36-22-14-7-15-23-36)41(58-26-35-20-12-6-13-21-35)39(57-25-34-18-10-5-11-19-34)37(64-45)28-56-24-33-16-8-4-9-17-33/h4-23,37-46,52H,24-29H2,1-3H3/t37-,38-,39+,40+,41+,42+,43-,44-,45+,46?/m1/s1. The lowest BCUT2D eigenvalue weighted by Crippen LogP contribution is -2.64. The van der Waals surface area contributed by atoms with E-state index in [1.165, 1.54) is 0 Å². The van der Waals surface area contributed by atoms with Crippen LogP contribution in [-0.2, 0) is 92.9 Å². The van der Waals surface area contributed by atoms with E-state index in [4.69, 9.17) is 92.3 Å². The minimum atomic E-state index is -2.38. The van der Waals surface area contributed by atoms with Gasteiger partial charge in [0, 0.05) is 20.8 Å². The van der Waals surface area contributed by atoms with Crippen LogP contribution in [0.3, 0.4) is 0 Å². The first kappa shape index (κ1) is 50.8. The van der Waals surface area contributed by atoms with Crippen LogP contribution in [0, 0.1) is 5.41 Å². The number of ether oxygens (including phenoxy) is 11. The van der Waals surface area contributed by atoms with E-state index in [0.717, 1.165) is 43.0 Å². The van der Waals surface area contributed by atoms with Crippen LogP contribution in [0.15, 0.2) is 121 Å². The van der Waals surface area contributed by atoms with Crippen molar-refractivity contribution in [3.05, 3.63) is 144 Å². The molecule has 1 unspecified atom stereocenters. The lowest BCUT2D eigenvalue weighted by atomic mass is 9.97. The summed E-state index contributed by atoms with van der Waals surface area (Å²) >= 11 is 17.9. The molecule has 4 aromatic rings. The number of benzene rings is 4. The van der Waals surface area contributed by atoms with Crippen molar-refractivity contribution in [2.75, 3.05) is 13.2 Å². The summed E-state index contributed by atoms with van der Waals surface area (Å²) in [7, 11) is 0. The average molecular weight is 973 g/mol. The molecule has 18 heteroatoms. The smallest absolute Gasteiger partial charge is 0.303 e. The molecule has 0 bridgehead atoms. The lowest BCUT2D eigenvalue weighted by Gasteiger charge is -2.47. The first-order valence-corrected chi connectivity index (χ1v) is 22.2. The zero-order valence-corrected chi connectivity index (χ0v) is 38.7. The van der Waals surface area contributed by atoms with Gasteiger partial charge in [-0.15, -0.1) is 0 Å². The Kier molecular flexibility index (Phi) is 19.2. The summed E-state index contributed by atoms with van der Waals surface area (Å²) in [6.07, 6.45) is -12.6. The van der Waals surface area contributed by atoms with Crippen molar-refractivity contribution < 1.29 is 66.5 Å². The van der Waals surface area contributed by atoms with Gasteiger partial charge in [-0.1, -0.05) is 156 Å². The highest BCUT2D eigenvalue weighted by Gasteiger charge is 2.55. The summed E-state index contributed by atoms with van der Waals surface area (Å²) in [4.78, 5) is 37.7. The molecule has 1 N–H and O–H groups in total. The van der Waals surface area contributed by atoms with Gasteiger partial charge >= 0.3 is 17.9 Å². The maximum Gasteiger partial charge on any atom is 0.303 e. The zero-order chi connectivity index (χ0) is 47.1. The Labute approximate surface area is 398 Å². The highest BCUT2D eigenvalue weighted by molar-refractivity contribution is 6.76. The first-order valence-electron chi connectivity index (χ1n) is 21.1. The Morgan fingerprint density at radius 1 is 0.470 bits per heavy atom. The van der Waals surface area contributed by atoms with Gasteiger partial charge in [0.25, 0.3) is 3.79 Å². The maximum atomic E-state index is 12.7. The molecule has 0 radical (unpaired) electrons. The van der Waals surface area contributed by atoms with Crippen molar-refractivity contribution >= 4 is 58.6 Å². The molecule has 0 aliphatic carbocycles. The largest absolute Gasteiger partial charge is 0.456 e. The third-order valence-electron chi connectivity index (χ3n) is 10.3. The summed E-state index contributed by atoms with van der Waals surface area (Å²) in [6.45, 7) is 3.57. The van der Waals surface area contributed by atoms with Gasteiger partial charge in [-0.05, 0) is 22.3 Å². The predicted molar refractivity (Wildman–Crippen MR) is 240 cm³/mol. The highest BCUT2D eigenvalue weighted by atomic mass is 35.6. The molecule has 10 atom stereocenters. The maximum absolute atomic E-state index is 12.7. The van der Waals surface area contributed by atoms with Gasteiger partial charge in [-0.3, -0.25) is 19.8 Å². The number of carbonyl (C=O) groups is 3. The van der Waals surface area contributed by atoms with E-state index >= 15 is 0 Å². The number of nitrogens with one attached hydrogen (secondary N) is 1. The summed E-state index contributed by atoms with van der Waals surface area (Å²) in [6, 6.07) is 38.4. The Balaban J connectivity index is 1.38. The van der Waals surface area contributed by atoms with Crippen molar-refractivity contribution in [2.24, 2.45) is 0 Å². The molecule has 15 nitrogen and oxygen atoms in total. The molecule has 0 spiro atoms. The van der Waals surface area contributed by atoms with E-state index in [9.17, 15) is 14.4 Å². The van der Waals surface area contributed by atoms with E-state index in [1.54, 1.807) is 0 Å². The fraction of sp³-hybridized carbons (Fsp3) is 0.417. The molecule has 4 aromatic carbocycles. The number of hydrogen-bond acceptors (Lipinski definition) is 15. The van der Waals surface area contributed by atoms with Gasteiger partial charge in [0.15, 0.2) is 18.5 Å². The van der Waals surface area contributed by atoms with Crippen molar-refractivity contribution in [2.45, 2.75) is 112 Å². The van der Waals surface area contributed by atoms with Crippen molar-refractivity contribution in [1.29, 1.82) is 5.41 Å². The second-order valence-corrected chi connectivity index (χ2v) is 17.7. The molecule has 0 amide bonds. The fourth-order valence-electron chi connectivity index (χ4n) is 7.34. The van der Waals surface area contributed by atoms with E-state index < -0.39 is 95.6 Å². The second-order valence-electron chi connectivity index (χ2n) is 15.4. The number of esters is 3. The van der Waals surface area contributed by atoms with E-state index in [0.29, 0.717) is 0 Å². The van der Waals surface area contributed by atoms with Gasteiger partial charge in [0.05, 0.1) is 39.6 Å². The minimum absolute atomic E-state index is 0.0223. The molecule has 2 aliphatic rings. The summed E-state index contributed by atoms with van der Waals surface area (Å²) in [5.74, 6) is -3.41. The van der Waals surface area contributed by atoms with Crippen LogP contribution in [0.5, 0.6) is 0 Å². The third kappa shape index (κ3) is 15.2. The Hall–Kier alpha value is -4.65. The molecule has 2 fully saturated rings. The summed E-state index contributed by atoms with van der Waals surface area (Å²) < 4.78 is 66.3. The molecule has 2 heterocycles. The first-order chi connectivity index (χ1) is 31.7. The van der Waals surface area contributed by atoms with Crippen LogP contribution in [-0.4, -0.2) is 102 Å². The van der Waals surface area contributed by atoms with E-state index in [-0.39, 0.29) is 33.0 Å². The molecule has 2 aliphatic heterocycles. The Morgan fingerprint density at radius 3 is 1.33 bits per heavy atom. The number of carbonyl (C=O) groups excluding carboxylic acids is 3. The molecule has 0 saturated carbocycles. The Bertz CT molecular complexity index is 2140. The van der Waals surface area contributed by atoms with Crippen molar-refractivity contribution in [3.63, 3.8) is 0 Å². The monoisotopic (exact) mass is 971 g/mol. The SMILES string of the molecule is CC(=O)O[C@@H]1[C@H](OC(C)=O)[C@@H](OC(C)=O)C(OC(=N)C(Cl)(Cl)Cl)O[C@@H]1CO[C@H]1O[C@H](COCc2ccccc2)[C@H](OCc2ccccc2)[C@H](OCc2ccccc2)[C@H]1OCc1ccccc1. The van der Waals surface area contributed by atoms with Crippen LogP contribution < -0.4 is 0 Å². The molecular weight excluding hydrogens is 921 g/mol. The highest BCUT2D eigenvalue weighted by Crippen LogP contribution is 2.36. The van der Waals surface area contributed by atoms with Crippen LogP contribution in [0.1, 0.15) is 43.0 Å². The van der Waals surface area contributed by atoms with Crippen LogP contribution >= 0.6 is 34.8 Å². The van der Waals surface area contributed by atoms with Crippen LogP contribution in [0.4, 0.5) is 0 Å². The lowest BCUT2D eigenvalue weighted by molar-refractivity contribution is -0.342. The summed E-state index contributed by atoms with van der Waals surface area (Å²) in [5, 5.41) is 8.32. The average Bonchev–Trinajstić information content (AvgIpc) is 3.29. The van der Waals surface area contributed by atoms with Crippen LogP contribution in [0.25, 0.3) is 0 Å². The van der Waals surface area contributed by atoms with Gasteiger partial charge in [0.1, 0.15) is 30.5 Å². The van der Waals surface area contributed by atoms with Gasteiger partial charge in [-0.25, -0.2) is 0 Å². The van der Waals surface area contributed by atoms with Gasteiger partial charge in [-0.2, -0.15) is 0 Å². The normalized spacial score (nSPS) is 25.3. The minimum Gasteiger partial charge on any atom is -0.456 e. The van der Waals surface area contributed by atoms with E-state index in [2.05, 4.69) is 0 Å². The number of halogens is 3.